The smallest absolute Gasteiger partial charge is 0.151 e. The van der Waals surface area contributed by atoms with Gasteiger partial charge in [-0.3, -0.25) is 0 Å². The third-order valence-corrected chi connectivity index (χ3v) is 4.60. The van der Waals surface area contributed by atoms with E-state index in [-0.39, 0.29) is 0 Å². The van der Waals surface area contributed by atoms with Crippen molar-refractivity contribution in [3.63, 3.8) is 0 Å². The summed E-state index contributed by atoms with van der Waals surface area (Å²) in [6.45, 7) is 22.5. The molecular formula is C29H43NO. The first-order chi connectivity index (χ1) is 15.1. The van der Waals surface area contributed by atoms with Gasteiger partial charge >= 0.3 is 0 Å². The van der Waals surface area contributed by atoms with Crippen molar-refractivity contribution < 1.29 is 4.74 Å². The number of benzene rings is 3. The number of nitrogens with zero attached hydrogens (tertiary/aromatic N) is 1. The Kier molecular flexibility index (Phi) is 13.8. The van der Waals surface area contributed by atoms with E-state index in [0.717, 1.165) is 22.9 Å². The Morgan fingerprint density at radius 2 is 0.903 bits per heavy atom. The van der Waals surface area contributed by atoms with Crippen LogP contribution in [0.15, 0.2) is 60.7 Å². The van der Waals surface area contributed by atoms with Crippen LogP contribution in [-0.2, 0) is 0 Å². The van der Waals surface area contributed by atoms with Gasteiger partial charge in [0.05, 0.1) is 11.4 Å². The Hall–Kier alpha value is -2.74. The standard InChI is InChI=1S/C21H19NO.4C2H6/c1-14-12-17(13-15(2)16(14)3)22-18-8-4-6-10-20(18)23-21-11-7-5-9-19(21)22;4*1-2/h4-13H,1-3H3;4*1-2H3. The van der Waals surface area contributed by atoms with Crippen LogP contribution in [-0.4, -0.2) is 0 Å². The Balaban J connectivity index is 0.00000102. The summed E-state index contributed by atoms with van der Waals surface area (Å²) < 4.78 is 6.07. The summed E-state index contributed by atoms with van der Waals surface area (Å²) in [6, 6.07) is 20.9. The second kappa shape index (κ2) is 15.1. The number of rotatable bonds is 1. The number of hydrogen-bond donors (Lipinski definition) is 0. The molecule has 3 aromatic carbocycles. The minimum absolute atomic E-state index is 0.891. The van der Waals surface area contributed by atoms with Crippen molar-refractivity contribution in [1.82, 2.24) is 0 Å². The van der Waals surface area contributed by atoms with E-state index in [1.165, 1.54) is 22.4 Å². The highest BCUT2D eigenvalue weighted by Gasteiger charge is 2.25. The maximum Gasteiger partial charge on any atom is 0.151 e. The molecule has 0 spiro atoms. The van der Waals surface area contributed by atoms with Gasteiger partial charge in [-0.25, -0.2) is 0 Å². The lowest BCUT2D eigenvalue weighted by Crippen LogP contribution is -2.16. The van der Waals surface area contributed by atoms with E-state index < -0.39 is 0 Å². The van der Waals surface area contributed by atoms with Gasteiger partial charge in [0.1, 0.15) is 0 Å². The van der Waals surface area contributed by atoms with Crippen LogP contribution in [0.4, 0.5) is 17.1 Å². The van der Waals surface area contributed by atoms with E-state index in [1.807, 2.05) is 79.7 Å². The van der Waals surface area contributed by atoms with Crippen molar-refractivity contribution in [2.75, 3.05) is 4.90 Å². The molecule has 2 heteroatoms. The predicted molar refractivity (Wildman–Crippen MR) is 141 cm³/mol. The summed E-state index contributed by atoms with van der Waals surface area (Å²) >= 11 is 0. The molecule has 0 N–H and O–H groups in total. The third kappa shape index (κ3) is 6.62. The van der Waals surface area contributed by atoms with E-state index >= 15 is 0 Å². The number of ether oxygens (including phenoxy) is 1. The van der Waals surface area contributed by atoms with Crippen LogP contribution in [0.25, 0.3) is 0 Å². The molecule has 0 bridgehead atoms. The Bertz CT molecular complexity index is 830. The molecule has 0 amide bonds. The molecule has 0 radical (unpaired) electrons. The van der Waals surface area contributed by atoms with E-state index in [4.69, 9.17) is 4.74 Å². The van der Waals surface area contributed by atoms with Crippen LogP contribution in [0.2, 0.25) is 0 Å². The van der Waals surface area contributed by atoms with Crippen molar-refractivity contribution in [3.05, 3.63) is 77.4 Å². The number of anilines is 3. The fraction of sp³-hybridized carbons (Fsp3) is 0.379. The summed E-state index contributed by atoms with van der Waals surface area (Å²) in [7, 11) is 0. The van der Waals surface area contributed by atoms with Gasteiger partial charge in [0, 0.05) is 5.69 Å². The van der Waals surface area contributed by atoms with Crippen molar-refractivity contribution in [2.24, 2.45) is 0 Å². The molecule has 31 heavy (non-hydrogen) atoms. The number of hydrogen-bond acceptors (Lipinski definition) is 2. The van der Waals surface area contributed by atoms with Gasteiger partial charge in [0.2, 0.25) is 0 Å². The summed E-state index contributed by atoms with van der Waals surface area (Å²) in [6.07, 6.45) is 0. The first kappa shape index (κ1) is 28.3. The zero-order valence-corrected chi connectivity index (χ0v) is 21.6. The number of para-hydroxylation sites is 4. The number of aryl methyl sites for hydroxylation is 2. The van der Waals surface area contributed by atoms with Crippen molar-refractivity contribution in [3.8, 4) is 11.5 Å². The lowest BCUT2D eigenvalue weighted by Gasteiger charge is -2.33. The Morgan fingerprint density at radius 3 is 1.29 bits per heavy atom. The average molecular weight is 422 g/mol. The predicted octanol–water partition coefficient (Wildman–Crippen LogP) is 10.3. The van der Waals surface area contributed by atoms with Gasteiger partial charge in [-0.15, -0.1) is 0 Å². The molecular weight excluding hydrogens is 378 g/mol. The maximum atomic E-state index is 6.07. The summed E-state index contributed by atoms with van der Waals surface area (Å²) in [4.78, 5) is 2.29. The molecule has 0 saturated carbocycles. The SMILES string of the molecule is CC.CC.CC.CC.Cc1cc(N2c3ccccc3Oc3ccccc32)cc(C)c1C. The minimum Gasteiger partial charge on any atom is -0.453 e. The second-order valence-corrected chi connectivity index (χ2v) is 6.08. The third-order valence-electron chi connectivity index (χ3n) is 4.60. The summed E-state index contributed by atoms with van der Waals surface area (Å²) in [5, 5.41) is 0. The number of fused-ring (bicyclic) bond motifs is 2. The molecule has 1 aliphatic heterocycles. The molecule has 3 aromatic rings. The van der Waals surface area contributed by atoms with Crippen LogP contribution < -0.4 is 9.64 Å². The Morgan fingerprint density at radius 1 is 0.548 bits per heavy atom. The van der Waals surface area contributed by atoms with Crippen LogP contribution in [0.1, 0.15) is 72.1 Å². The summed E-state index contributed by atoms with van der Waals surface area (Å²) in [5.74, 6) is 1.78. The maximum absolute atomic E-state index is 6.07. The zero-order valence-electron chi connectivity index (χ0n) is 21.6. The van der Waals surface area contributed by atoms with Crippen molar-refractivity contribution in [1.29, 1.82) is 0 Å². The van der Waals surface area contributed by atoms with Crippen molar-refractivity contribution >= 4 is 17.1 Å². The Labute approximate surface area is 191 Å². The molecule has 170 valence electrons. The zero-order chi connectivity index (χ0) is 24.0. The molecule has 1 aliphatic rings. The topological polar surface area (TPSA) is 12.5 Å². The van der Waals surface area contributed by atoms with Gasteiger partial charge in [-0.05, 0) is 73.9 Å². The first-order valence-electron chi connectivity index (χ1n) is 11.9. The average Bonchev–Trinajstić information content (AvgIpc) is 2.85. The highest BCUT2D eigenvalue weighted by atomic mass is 16.5. The second-order valence-electron chi connectivity index (χ2n) is 6.08. The highest BCUT2D eigenvalue weighted by molar-refractivity contribution is 5.86. The monoisotopic (exact) mass is 421 g/mol. The van der Waals surface area contributed by atoms with Gasteiger partial charge in [-0.2, -0.15) is 0 Å². The molecule has 4 rings (SSSR count). The van der Waals surface area contributed by atoms with Gasteiger partial charge in [0.25, 0.3) is 0 Å². The van der Waals surface area contributed by atoms with Crippen LogP contribution in [0, 0.1) is 20.8 Å². The first-order valence-corrected chi connectivity index (χ1v) is 11.9. The normalized spacial score (nSPS) is 9.97. The molecule has 0 saturated heterocycles. The lowest BCUT2D eigenvalue weighted by atomic mass is 10.0. The molecule has 0 aliphatic carbocycles. The lowest BCUT2D eigenvalue weighted by molar-refractivity contribution is 0.477. The fourth-order valence-electron chi connectivity index (χ4n) is 3.12. The largest absolute Gasteiger partial charge is 0.453 e. The van der Waals surface area contributed by atoms with E-state index in [1.54, 1.807) is 0 Å². The summed E-state index contributed by atoms with van der Waals surface area (Å²) in [5.41, 5.74) is 7.29. The van der Waals surface area contributed by atoms with Gasteiger partial charge in [-0.1, -0.05) is 79.7 Å². The molecule has 0 unspecified atom stereocenters. The van der Waals surface area contributed by atoms with Crippen LogP contribution >= 0.6 is 0 Å². The van der Waals surface area contributed by atoms with E-state index in [9.17, 15) is 0 Å². The highest BCUT2D eigenvalue weighted by Crippen LogP contribution is 2.50. The quantitative estimate of drug-likeness (QED) is 0.303. The van der Waals surface area contributed by atoms with Gasteiger partial charge in [0.15, 0.2) is 11.5 Å². The van der Waals surface area contributed by atoms with Crippen LogP contribution in [0.3, 0.4) is 0 Å². The fourth-order valence-corrected chi connectivity index (χ4v) is 3.12. The molecule has 1 heterocycles. The molecule has 0 aromatic heterocycles. The molecule has 0 atom stereocenters. The molecule has 0 fully saturated rings. The van der Waals surface area contributed by atoms with Gasteiger partial charge < -0.3 is 9.64 Å². The van der Waals surface area contributed by atoms with Crippen LogP contribution in [0.5, 0.6) is 11.5 Å². The van der Waals surface area contributed by atoms with Crippen molar-refractivity contribution in [2.45, 2.75) is 76.2 Å². The van der Waals surface area contributed by atoms with E-state index in [2.05, 4.69) is 62.1 Å². The minimum atomic E-state index is 0.891. The van der Waals surface area contributed by atoms with E-state index in [0.29, 0.717) is 0 Å². The molecule has 2 nitrogen and oxygen atoms in total.